The van der Waals surface area contributed by atoms with Crippen molar-refractivity contribution in [1.82, 2.24) is 0 Å². The summed E-state index contributed by atoms with van der Waals surface area (Å²) in [6.45, 7) is 14.5. The van der Waals surface area contributed by atoms with Crippen molar-refractivity contribution < 1.29 is 17.6 Å². The van der Waals surface area contributed by atoms with Gasteiger partial charge in [0.05, 0.1) is 11.4 Å². The van der Waals surface area contributed by atoms with Crippen molar-refractivity contribution in [2.24, 2.45) is 5.92 Å². The van der Waals surface area contributed by atoms with Gasteiger partial charge in [0.1, 0.15) is 0 Å². The Labute approximate surface area is 157 Å². The normalized spacial score (nSPS) is 26.9. The zero-order chi connectivity index (χ0) is 18.3. The Bertz CT molecular complexity index is 521. The van der Waals surface area contributed by atoms with Crippen LogP contribution in [-0.2, 0) is 19.0 Å². The average Bonchev–Trinajstić information content (AvgIpc) is 3.21. The number of hydrogen-bond acceptors (Lipinski definition) is 4. The van der Waals surface area contributed by atoms with E-state index in [0.29, 0.717) is 35.2 Å². The van der Waals surface area contributed by atoms with Crippen LogP contribution in [0, 0.1) is 5.92 Å². The second kappa shape index (κ2) is 7.29. The Hall–Kier alpha value is 0.567. The molecule has 2 rings (SSSR count). The van der Waals surface area contributed by atoms with Gasteiger partial charge in [0.15, 0.2) is 23.6 Å². The largest absolute Gasteiger partial charge is 0.416 e. The van der Waals surface area contributed by atoms with Crippen LogP contribution in [0.1, 0.15) is 54.4 Å². The molecule has 7 heteroatoms. The molecule has 2 atom stereocenters. The van der Waals surface area contributed by atoms with Gasteiger partial charge in [-0.2, -0.15) is 0 Å². The van der Waals surface area contributed by atoms with E-state index < -0.39 is 28.3 Å². The smallest absolute Gasteiger partial charge is 0.200 e. The van der Waals surface area contributed by atoms with Crippen LogP contribution >= 0.6 is 15.9 Å². The lowest BCUT2D eigenvalue weighted by molar-refractivity contribution is -0.0828. The van der Waals surface area contributed by atoms with E-state index in [2.05, 4.69) is 57.5 Å². The van der Waals surface area contributed by atoms with Crippen molar-refractivity contribution in [2.45, 2.75) is 81.2 Å². The highest BCUT2D eigenvalue weighted by atomic mass is 79.9. The maximum atomic E-state index is 12.9. The Kier molecular flexibility index (Phi) is 6.34. The van der Waals surface area contributed by atoms with Crippen LogP contribution in [0.25, 0.3) is 0 Å². The van der Waals surface area contributed by atoms with E-state index in [1.54, 1.807) is 0 Å². The zero-order valence-corrected chi connectivity index (χ0v) is 19.2. The Morgan fingerprint density at radius 2 is 1.62 bits per heavy atom. The number of ether oxygens (including phenoxy) is 1. The molecule has 2 fully saturated rings. The lowest BCUT2D eigenvalue weighted by atomic mass is 10.1. The number of halogens is 1. The van der Waals surface area contributed by atoms with Crippen LogP contribution in [0.15, 0.2) is 0 Å². The van der Waals surface area contributed by atoms with Gasteiger partial charge in [-0.05, 0) is 29.5 Å². The molecule has 1 saturated carbocycles. The number of rotatable bonds is 9. The number of sulfone groups is 1. The van der Waals surface area contributed by atoms with Gasteiger partial charge in [0.2, 0.25) is 0 Å². The number of alkyl halides is 1. The summed E-state index contributed by atoms with van der Waals surface area (Å²) in [6, 6.07) is 0. The van der Waals surface area contributed by atoms with Gasteiger partial charge in [-0.15, -0.1) is 0 Å². The molecule has 0 aromatic rings. The fourth-order valence-corrected chi connectivity index (χ4v) is 13.7. The summed E-state index contributed by atoms with van der Waals surface area (Å²) >= 11 is 3.38. The molecule has 0 spiro atoms. The first kappa shape index (κ1) is 20.9. The fraction of sp³-hybridized carbons (Fsp3) is 1.00. The Morgan fingerprint density at radius 3 is 1.92 bits per heavy atom. The average molecular weight is 442 g/mol. The lowest BCUT2D eigenvalue weighted by Gasteiger charge is -2.45. The van der Waals surface area contributed by atoms with Gasteiger partial charge in [0.25, 0.3) is 0 Å². The van der Waals surface area contributed by atoms with Crippen molar-refractivity contribution in [3.8, 4) is 0 Å². The predicted molar refractivity (Wildman–Crippen MR) is 105 cm³/mol. The zero-order valence-electron chi connectivity index (χ0n) is 15.8. The first-order chi connectivity index (χ1) is 11.0. The molecule has 0 radical (unpaired) electrons. The monoisotopic (exact) mass is 440 g/mol. The molecular formula is C17H33BrO4SSi. The van der Waals surface area contributed by atoms with E-state index in [1.807, 2.05) is 0 Å². The Morgan fingerprint density at radius 1 is 1.12 bits per heavy atom. The first-order valence-electron chi connectivity index (χ1n) is 9.10. The molecule has 0 aromatic heterocycles. The quantitative estimate of drug-likeness (QED) is 0.391. The highest BCUT2D eigenvalue weighted by molar-refractivity contribution is 9.09. The first-order valence-corrected chi connectivity index (χ1v) is 13.9. The van der Waals surface area contributed by atoms with E-state index in [4.69, 9.17) is 9.16 Å². The summed E-state index contributed by atoms with van der Waals surface area (Å²) in [5.74, 6) is -0.0188. The van der Waals surface area contributed by atoms with E-state index in [1.165, 1.54) is 0 Å². The number of hydrogen-bond donors (Lipinski definition) is 0. The van der Waals surface area contributed by atoms with Gasteiger partial charge < -0.3 is 9.16 Å². The highest BCUT2D eigenvalue weighted by Crippen LogP contribution is 2.50. The molecule has 4 nitrogen and oxygen atoms in total. The summed E-state index contributed by atoms with van der Waals surface area (Å²) in [6.07, 6.45) is 1.49. The molecule has 142 valence electrons. The summed E-state index contributed by atoms with van der Waals surface area (Å²) in [5, 5.41) is 0.512. The second-order valence-corrected chi connectivity index (χ2v) is 16.9. The van der Waals surface area contributed by atoms with Gasteiger partial charge in [-0.25, -0.2) is 8.42 Å². The molecule has 1 aliphatic carbocycles. The van der Waals surface area contributed by atoms with Gasteiger partial charge in [-0.1, -0.05) is 57.5 Å². The van der Waals surface area contributed by atoms with Crippen LogP contribution in [-0.4, -0.2) is 45.5 Å². The highest BCUT2D eigenvalue weighted by Gasteiger charge is 2.60. The van der Waals surface area contributed by atoms with Crippen LogP contribution in [0.3, 0.4) is 0 Å². The van der Waals surface area contributed by atoms with Crippen molar-refractivity contribution >= 4 is 34.1 Å². The van der Waals surface area contributed by atoms with Crippen LogP contribution in [0.2, 0.25) is 16.6 Å². The molecule has 24 heavy (non-hydrogen) atoms. The standard InChI is InChI=1S/C17H33BrO4SSi/c1-12(2)24(13(3)4,14(5)6)22-10-15-9-21-16(15)23(19,20)17(11-18)7-8-17/h12-16H,7-11H2,1-6H3. The van der Waals surface area contributed by atoms with Crippen molar-refractivity contribution in [3.63, 3.8) is 0 Å². The summed E-state index contributed by atoms with van der Waals surface area (Å²) < 4.78 is 37.2. The minimum Gasteiger partial charge on any atom is -0.416 e. The maximum absolute atomic E-state index is 12.9. The SMILES string of the molecule is CC(C)[Si](OCC1COC1S(=O)(=O)C1(CBr)CC1)(C(C)C)C(C)C. The Balaban J connectivity index is 2.09. The van der Waals surface area contributed by atoms with Crippen LogP contribution < -0.4 is 0 Å². The third-order valence-corrected chi connectivity index (χ3v) is 16.5. The van der Waals surface area contributed by atoms with Crippen molar-refractivity contribution in [2.75, 3.05) is 18.5 Å². The molecule has 0 amide bonds. The minimum absolute atomic E-state index is 0.0188. The minimum atomic E-state index is -3.25. The third-order valence-electron chi connectivity index (χ3n) is 6.07. The van der Waals surface area contributed by atoms with Crippen molar-refractivity contribution in [1.29, 1.82) is 0 Å². The maximum Gasteiger partial charge on any atom is 0.200 e. The molecule has 1 aliphatic heterocycles. The van der Waals surface area contributed by atoms with Gasteiger partial charge in [-0.3, -0.25) is 0 Å². The molecule has 0 aromatic carbocycles. The lowest BCUT2D eigenvalue weighted by Crippen LogP contribution is -2.55. The van der Waals surface area contributed by atoms with Gasteiger partial charge >= 0.3 is 0 Å². The third kappa shape index (κ3) is 3.28. The molecule has 1 saturated heterocycles. The molecule has 0 bridgehead atoms. The molecule has 1 heterocycles. The molecule has 2 unspecified atom stereocenters. The summed E-state index contributed by atoms with van der Waals surface area (Å²) in [5.41, 5.74) is 0.846. The summed E-state index contributed by atoms with van der Waals surface area (Å²) in [7, 11) is -5.21. The fourth-order valence-electron chi connectivity index (χ4n) is 4.41. The van der Waals surface area contributed by atoms with Gasteiger partial charge in [0, 0.05) is 17.9 Å². The molecule has 2 aliphatic rings. The van der Waals surface area contributed by atoms with E-state index in [9.17, 15) is 8.42 Å². The predicted octanol–water partition coefficient (Wildman–Crippen LogP) is 4.49. The van der Waals surface area contributed by atoms with Crippen molar-refractivity contribution in [3.05, 3.63) is 0 Å². The van der Waals surface area contributed by atoms with Crippen LogP contribution in [0.4, 0.5) is 0 Å². The van der Waals surface area contributed by atoms with Crippen LogP contribution in [0.5, 0.6) is 0 Å². The van der Waals surface area contributed by atoms with E-state index in [0.717, 1.165) is 12.8 Å². The molecular weight excluding hydrogens is 408 g/mol. The molecule has 0 N–H and O–H groups in total. The topological polar surface area (TPSA) is 52.6 Å². The van der Waals surface area contributed by atoms with E-state index >= 15 is 0 Å². The second-order valence-electron chi connectivity index (χ2n) is 8.45. The summed E-state index contributed by atoms with van der Waals surface area (Å²) in [4.78, 5) is 0. The van der Waals surface area contributed by atoms with E-state index in [-0.39, 0.29) is 5.92 Å².